The Morgan fingerprint density at radius 3 is 2.61 bits per heavy atom. The van der Waals surface area contributed by atoms with Gasteiger partial charge >= 0.3 is 18.0 Å². The van der Waals surface area contributed by atoms with Crippen LogP contribution in [0.25, 0.3) is 0 Å². The molecular weight excluding hydrogens is 369 g/mol. The second kappa shape index (κ2) is 8.55. The maximum atomic E-state index is 14.3. The largest absolute Gasteiger partial charge is 0.480 e. The average molecular weight is 393 g/mol. The van der Waals surface area contributed by atoms with Crippen molar-refractivity contribution in [3.05, 3.63) is 29.6 Å². The number of carboxylic acids is 1. The molecule has 1 aromatic rings. The number of carboxylic acid groups (broad SMARTS) is 1. The van der Waals surface area contributed by atoms with E-state index in [2.05, 4.69) is 15.4 Å². The molecule has 8 nitrogen and oxygen atoms in total. The summed E-state index contributed by atoms with van der Waals surface area (Å²) in [5.74, 6) is -1.94. The van der Waals surface area contributed by atoms with Crippen LogP contribution in [0.1, 0.15) is 36.0 Å². The molecule has 0 atom stereocenters. The molecule has 9 heteroatoms. The molecule has 3 rings (SSSR count). The summed E-state index contributed by atoms with van der Waals surface area (Å²) in [7, 11) is 1.15. The molecule has 0 aliphatic heterocycles. The first kappa shape index (κ1) is 20.1. The average Bonchev–Trinajstić information content (AvgIpc) is 3.42. The number of hydrogen-bond acceptors (Lipinski definition) is 5. The van der Waals surface area contributed by atoms with E-state index in [9.17, 15) is 18.8 Å². The van der Waals surface area contributed by atoms with Crippen LogP contribution in [-0.2, 0) is 9.53 Å². The van der Waals surface area contributed by atoms with Crippen molar-refractivity contribution in [3.8, 4) is 0 Å². The molecule has 28 heavy (non-hydrogen) atoms. The Kier molecular flexibility index (Phi) is 6.13. The zero-order valence-electron chi connectivity index (χ0n) is 15.6. The van der Waals surface area contributed by atoms with Crippen molar-refractivity contribution in [2.24, 2.45) is 5.92 Å². The molecule has 2 amide bonds. The van der Waals surface area contributed by atoms with Gasteiger partial charge in [0.2, 0.25) is 0 Å². The number of nitrogens with zero attached hydrogens (tertiary/aromatic N) is 1. The van der Waals surface area contributed by atoms with Gasteiger partial charge in [-0.25, -0.2) is 14.0 Å². The number of hydrogen-bond donors (Lipinski definition) is 3. The number of rotatable bonds is 8. The first-order valence-corrected chi connectivity index (χ1v) is 9.27. The highest BCUT2D eigenvalue weighted by molar-refractivity contribution is 5.94. The van der Waals surface area contributed by atoms with Crippen molar-refractivity contribution in [1.29, 1.82) is 0 Å². The lowest BCUT2D eigenvalue weighted by atomic mass is 9.85. The number of carbonyl (C=O) groups excluding carboxylic acids is 2. The van der Waals surface area contributed by atoms with E-state index in [1.807, 2.05) is 4.90 Å². The Labute approximate surface area is 162 Å². The van der Waals surface area contributed by atoms with Gasteiger partial charge in [0.25, 0.3) is 0 Å². The van der Waals surface area contributed by atoms with E-state index in [0.29, 0.717) is 18.8 Å². The van der Waals surface area contributed by atoms with E-state index in [4.69, 9.17) is 5.11 Å². The van der Waals surface area contributed by atoms with Crippen molar-refractivity contribution in [2.75, 3.05) is 25.5 Å². The summed E-state index contributed by atoms with van der Waals surface area (Å²) >= 11 is 0. The molecule has 2 saturated carbocycles. The van der Waals surface area contributed by atoms with Gasteiger partial charge in [0.1, 0.15) is 0 Å². The van der Waals surface area contributed by atoms with Crippen LogP contribution in [0, 0.1) is 11.7 Å². The van der Waals surface area contributed by atoms with E-state index in [1.165, 1.54) is 18.2 Å². The molecule has 0 spiro atoms. The molecule has 152 valence electrons. The summed E-state index contributed by atoms with van der Waals surface area (Å²) in [5, 5.41) is 14.2. The summed E-state index contributed by atoms with van der Waals surface area (Å²) in [5.41, 5.74) is -0.370. The minimum Gasteiger partial charge on any atom is -0.480 e. The van der Waals surface area contributed by atoms with Crippen molar-refractivity contribution in [2.45, 2.75) is 37.8 Å². The van der Waals surface area contributed by atoms with Crippen LogP contribution in [-0.4, -0.2) is 60.3 Å². The molecule has 0 unspecified atom stereocenters. The smallest absolute Gasteiger partial charge is 0.340 e. The lowest BCUT2D eigenvalue weighted by molar-refractivity contribution is -0.139. The van der Waals surface area contributed by atoms with Crippen molar-refractivity contribution in [1.82, 2.24) is 10.2 Å². The van der Waals surface area contributed by atoms with Crippen LogP contribution in [0.4, 0.5) is 14.9 Å². The molecule has 0 heterocycles. The number of anilines is 1. The quantitative estimate of drug-likeness (QED) is 0.584. The van der Waals surface area contributed by atoms with Gasteiger partial charge in [0, 0.05) is 18.6 Å². The van der Waals surface area contributed by atoms with Crippen molar-refractivity contribution in [3.63, 3.8) is 0 Å². The zero-order chi connectivity index (χ0) is 20.3. The van der Waals surface area contributed by atoms with Gasteiger partial charge in [-0.3, -0.25) is 9.69 Å². The van der Waals surface area contributed by atoms with Gasteiger partial charge in [0.05, 0.1) is 24.9 Å². The van der Waals surface area contributed by atoms with Gasteiger partial charge in [-0.2, -0.15) is 0 Å². The second-order valence-corrected chi connectivity index (χ2v) is 7.35. The number of halogens is 1. The number of carbonyl (C=O) groups is 3. The third-order valence-electron chi connectivity index (χ3n) is 5.15. The number of nitrogens with one attached hydrogen (secondary N) is 2. The zero-order valence-corrected chi connectivity index (χ0v) is 15.6. The SMILES string of the molecule is COC(=O)c1cccc(NC(=O)NC2CC(N(CC(=O)O)CC3CC3)C2)c1F. The fourth-order valence-electron chi connectivity index (χ4n) is 3.39. The van der Waals surface area contributed by atoms with Crippen LogP contribution >= 0.6 is 0 Å². The molecule has 3 N–H and O–H groups in total. The first-order chi connectivity index (χ1) is 13.4. The molecule has 0 aromatic heterocycles. The summed E-state index contributed by atoms with van der Waals surface area (Å²) in [6, 6.07) is 3.53. The maximum Gasteiger partial charge on any atom is 0.340 e. The monoisotopic (exact) mass is 393 g/mol. The Morgan fingerprint density at radius 2 is 2.00 bits per heavy atom. The van der Waals surface area contributed by atoms with E-state index < -0.39 is 23.8 Å². The third-order valence-corrected chi connectivity index (χ3v) is 5.15. The number of benzene rings is 1. The highest BCUT2D eigenvalue weighted by Crippen LogP contribution is 2.33. The number of esters is 1. The summed E-state index contributed by atoms with van der Waals surface area (Å²) in [4.78, 5) is 36.7. The topological polar surface area (TPSA) is 108 Å². The molecular formula is C19H24FN3O5. The Hall–Kier alpha value is -2.68. The fourth-order valence-corrected chi connectivity index (χ4v) is 3.39. The Bertz CT molecular complexity index is 762. The number of aliphatic carboxylic acids is 1. The molecule has 0 radical (unpaired) electrons. The molecule has 2 fully saturated rings. The second-order valence-electron chi connectivity index (χ2n) is 7.35. The molecule has 0 bridgehead atoms. The van der Waals surface area contributed by atoms with Crippen LogP contribution in [0.2, 0.25) is 0 Å². The van der Waals surface area contributed by atoms with E-state index in [-0.39, 0.29) is 29.9 Å². The Balaban J connectivity index is 1.50. The lowest BCUT2D eigenvalue weighted by Crippen LogP contribution is -2.55. The number of methoxy groups -OCH3 is 1. The van der Waals surface area contributed by atoms with Crippen molar-refractivity contribution < 1.29 is 28.6 Å². The molecule has 2 aliphatic carbocycles. The maximum absolute atomic E-state index is 14.3. The van der Waals surface area contributed by atoms with Gasteiger partial charge in [-0.1, -0.05) is 6.07 Å². The van der Waals surface area contributed by atoms with Crippen LogP contribution in [0.5, 0.6) is 0 Å². The van der Waals surface area contributed by atoms with E-state index >= 15 is 0 Å². The van der Waals surface area contributed by atoms with Crippen LogP contribution in [0.15, 0.2) is 18.2 Å². The predicted octanol–water partition coefficient (Wildman–Crippen LogP) is 2.06. The number of urea groups is 1. The lowest BCUT2D eigenvalue weighted by Gasteiger charge is -2.42. The number of ether oxygens (including phenoxy) is 1. The summed E-state index contributed by atoms with van der Waals surface area (Å²) in [6.07, 6.45) is 3.59. The minimum absolute atomic E-state index is 0.00557. The summed E-state index contributed by atoms with van der Waals surface area (Å²) in [6.45, 7) is 0.785. The standard InChI is InChI=1S/C19H24FN3O5/c1-28-18(26)14-3-2-4-15(17(14)20)22-19(27)21-12-7-13(8-12)23(10-16(24)25)9-11-5-6-11/h2-4,11-13H,5-10H2,1H3,(H,24,25)(H2,21,22,27). The van der Waals surface area contributed by atoms with Gasteiger partial charge in [-0.15, -0.1) is 0 Å². The van der Waals surface area contributed by atoms with Gasteiger partial charge < -0.3 is 20.5 Å². The summed E-state index contributed by atoms with van der Waals surface area (Å²) < 4.78 is 18.8. The minimum atomic E-state index is -0.854. The van der Waals surface area contributed by atoms with Crippen LogP contribution < -0.4 is 10.6 Å². The highest BCUT2D eigenvalue weighted by Gasteiger charge is 2.37. The fraction of sp³-hybridized carbons (Fsp3) is 0.526. The van der Waals surface area contributed by atoms with E-state index in [1.54, 1.807) is 0 Å². The van der Waals surface area contributed by atoms with Crippen LogP contribution in [0.3, 0.4) is 0 Å². The van der Waals surface area contributed by atoms with Gasteiger partial charge in [0.15, 0.2) is 5.82 Å². The first-order valence-electron chi connectivity index (χ1n) is 9.27. The van der Waals surface area contributed by atoms with Gasteiger partial charge in [-0.05, 0) is 43.7 Å². The molecule has 2 aliphatic rings. The number of amides is 2. The third kappa shape index (κ3) is 4.98. The normalized spacial score (nSPS) is 21.0. The molecule has 0 saturated heterocycles. The molecule has 1 aromatic carbocycles. The van der Waals surface area contributed by atoms with Crippen molar-refractivity contribution >= 4 is 23.7 Å². The van der Waals surface area contributed by atoms with E-state index in [0.717, 1.165) is 26.5 Å². The Morgan fingerprint density at radius 1 is 1.29 bits per heavy atom. The predicted molar refractivity (Wildman–Crippen MR) is 98.6 cm³/mol. The highest BCUT2D eigenvalue weighted by atomic mass is 19.1.